The summed E-state index contributed by atoms with van der Waals surface area (Å²) >= 11 is 0. The molecule has 6 heteroatoms. The summed E-state index contributed by atoms with van der Waals surface area (Å²) in [4.78, 5) is 24.0. The molecule has 3 aromatic heterocycles. The Bertz CT molecular complexity index is 1060. The SMILES string of the molecule is Nc1ncc(-c2cccnc2)cc1C(=O)Nc1ccc2[nH]ccc2c1. The Labute approximate surface area is 143 Å². The molecule has 0 bridgehead atoms. The molecule has 0 unspecified atom stereocenters. The predicted molar refractivity (Wildman–Crippen MR) is 98.1 cm³/mol. The van der Waals surface area contributed by atoms with Crippen molar-refractivity contribution >= 4 is 28.3 Å². The summed E-state index contributed by atoms with van der Waals surface area (Å²) in [5.74, 6) is -0.113. The standard InChI is InChI=1S/C19H15N5O/c20-18-16(9-14(11-23-18)13-2-1-6-21-10-13)19(25)24-15-3-4-17-12(8-15)5-7-22-17/h1-11,22H,(H2,20,23)(H,24,25). The molecule has 122 valence electrons. The van der Waals surface area contributed by atoms with E-state index < -0.39 is 0 Å². The van der Waals surface area contributed by atoms with Gasteiger partial charge in [-0.2, -0.15) is 0 Å². The van der Waals surface area contributed by atoms with Crippen molar-refractivity contribution in [2.75, 3.05) is 11.1 Å². The molecule has 6 nitrogen and oxygen atoms in total. The molecule has 0 aliphatic rings. The van der Waals surface area contributed by atoms with E-state index in [9.17, 15) is 4.79 Å². The van der Waals surface area contributed by atoms with Crippen molar-refractivity contribution in [3.63, 3.8) is 0 Å². The van der Waals surface area contributed by atoms with Gasteiger partial charge < -0.3 is 16.0 Å². The smallest absolute Gasteiger partial charge is 0.259 e. The second kappa shape index (κ2) is 6.09. The minimum absolute atomic E-state index is 0.188. The number of carbonyl (C=O) groups is 1. The lowest BCUT2D eigenvalue weighted by molar-refractivity contribution is 0.102. The number of H-pyrrole nitrogens is 1. The maximum absolute atomic E-state index is 12.6. The van der Waals surface area contributed by atoms with Crippen LogP contribution in [0.5, 0.6) is 0 Å². The number of rotatable bonds is 3. The zero-order valence-corrected chi connectivity index (χ0v) is 13.2. The zero-order chi connectivity index (χ0) is 17.2. The van der Waals surface area contributed by atoms with E-state index in [1.54, 1.807) is 24.7 Å². The third-order valence-corrected chi connectivity index (χ3v) is 3.97. The summed E-state index contributed by atoms with van der Waals surface area (Å²) in [5, 5.41) is 3.89. The van der Waals surface area contributed by atoms with Gasteiger partial charge in [0.05, 0.1) is 5.56 Å². The number of aromatic nitrogens is 3. The first-order chi connectivity index (χ1) is 12.2. The largest absolute Gasteiger partial charge is 0.383 e. The third-order valence-electron chi connectivity index (χ3n) is 3.97. The summed E-state index contributed by atoms with van der Waals surface area (Å²) in [7, 11) is 0. The Balaban J connectivity index is 1.65. The van der Waals surface area contributed by atoms with Gasteiger partial charge in [-0.05, 0) is 36.4 Å². The van der Waals surface area contributed by atoms with Crippen LogP contribution in [0.25, 0.3) is 22.0 Å². The molecule has 1 amide bonds. The van der Waals surface area contributed by atoms with Crippen LogP contribution in [-0.4, -0.2) is 20.9 Å². The van der Waals surface area contributed by atoms with Gasteiger partial charge in [0.2, 0.25) is 0 Å². The Morgan fingerprint density at radius 3 is 2.84 bits per heavy atom. The number of hydrogen-bond acceptors (Lipinski definition) is 4. The number of nitrogens with one attached hydrogen (secondary N) is 2. The number of amides is 1. The summed E-state index contributed by atoms with van der Waals surface area (Å²) in [6.07, 6.45) is 6.90. The number of carbonyl (C=O) groups excluding carboxylic acids is 1. The Hall–Kier alpha value is -3.67. The lowest BCUT2D eigenvalue weighted by Crippen LogP contribution is -2.15. The quantitative estimate of drug-likeness (QED) is 0.536. The van der Waals surface area contributed by atoms with Gasteiger partial charge in [-0.15, -0.1) is 0 Å². The molecule has 0 spiro atoms. The number of anilines is 2. The van der Waals surface area contributed by atoms with Crippen LogP contribution in [0, 0.1) is 0 Å². The van der Waals surface area contributed by atoms with Crippen molar-refractivity contribution in [3.05, 3.63) is 72.8 Å². The molecule has 0 saturated heterocycles. The van der Waals surface area contributed by atoms with Crippen molar-refractivity contribution in [1.82, 2.24) is 15.0 Å². The van der Waals surface area contributed by atoms with Crippen molar-refractivity contribution < 1.29 is 4.79 Å². The molecule has 0 saturated carbocycles. The number of benzene rings is 1. The molecule has 0 aliphatic carbocycles. The van der Waals surface area contributed by atoms with Crippen LogP contribution < -0.4 is 11.1 Å². The minimum Gasteiger partial charge on any atom is -0.383 e. The first kappa shape index (κ1) is 14.9. The number of nitrogens with zero attached hydrogens (tertiary/aromatic N) is 2. The second-order valence-electron chi connectivity index (χ2n) is 5.63. The lowest BCUT2D eigenvalue weighted by Gasteiger charge is -2.09. The monoisotopic (exact) mass is 329 g/mol. The Kier molecular flexibility index (Phi) is 3.63. The van der Waals surface area contributed by atoms with E-state index >= 15 is 0 Å². The molecular formula is C19H15N5O. The van der Waals surface area contributed by atoms with E-state index in [2.05, 4.69) is 20.3 Å². The summed E-state index contributed by atoms with van der Waals surface area (Å²) in [6, 6.07) is 13.1. The van der Waals surface area contributed by atoms with Crippen LogP contribution in [0.2, 0.25) is 0 Å². The van der Waals surface area contributed by atoms with Crippen LogP contribution in [0.1, 0.15) is 10.4 Å². The number of fused-ring (bicyclic) bond motifs is 1. The van der Waals surface area contributed by atoms with Gasteiger partial charge in [-0.25, -0.2) is 4.98 Å². The van der Waals surface area contributed by atoms with E-state index in [4.69, 9.17) is 5.73 Å². The highest BCUT2D eigenvalue weighted by molar-refractivity contribution is 6.08. The number of aromatic amines is 1. The van der Waals surface area contributed by atoms with Crippen molar-refractivity contribution in [1.29, 1.82) is 0 Å². The molecule has 4 N–H and O–H groups in total. The normalized spacial score (nSPS) is 10.7. The molecule has 1 aromatic carbocycles. The number of pyridine rings is 2. The topological polar surface area (TPSA) is 96.7 Å². The fourth-order valence-corrected chi connectivity index (χ4v) is 2.68. The molecule has 25 heavy (non-hydrogen) atoms. The van der Waals surface area contributed by atoms with Gasteiger partial charge in [0, 0.05) is 52.5 Å². The van der Waals surface area contributed by atoms with Gasteiger partial charge in [-0.3, -0.25) is 9.78 Å². The predicted octanol–water partition coefficient (Wildman–Crippen LogP) is 3.46. The highest BCUT2D eigenvalue weighted by Crippen LogP contribution is 2.23. The minimum atomic E-state index is -0.300. The fourth-order valence-electron chi connectivity index (χ4n) is 2.68. The molecule has 0 aliphatic heterocycles. The lowest BCUT2D eigenvalue weighted by atomic mass is 10.1. The van der Waals surface area contributed by atoms with Crippen LogP contribution in [0.4, 0.5) is 11.5 Å². The van der Waals surface area contributed by atoms with E-state index in [-0.39, 0.29) is 11.7 Å². The van der Waals surface area contributed by atoms with E-state index in [1.807, 2.05) is 42.6 Å². The maximum Gasteiger partial charge on any atom is 0.259 e. The first-order valence-corrected chi connectivity index (χ1v) is 7.75. The summed E-state index contributed by atoms with van der Waals surface area (Å²) in [5.41, 5.74) is 9.60. The number of nitrogen functional groups attached to an aromatic ring is 1. The van der Waals surface area contributed by atoms with Gasteiger partial charge in [0.1, 0.15) is 5.82 Å². The molecule has 0 fully saturated rings. The maximum atomic E-state index is 12.6. The summed E-state index contributed by atoms with van der Waals surface area (Å²) in [6.45, 7) is 0. The Morgan fingerprint density at radius 1 is 1.08 bits per heavy atom. The van der Waals surface area contributed by atoms with Gasteiger partial charge >= 0.3 is 0 Å². The Morgan fingerprint density at radius 2 is 2.00 bits per heavy atom. The van der Waals surface area contributed by atoms with Crippen LogP contribution >= 0.6 is 0 Å². The van der Waals surface area contributed by atoms with E-state index in [0.29, 0.717) is 11.3 Å². The molecule has 0 radical (unpaired) electrons. The number of hydrogen-bond donors (Lipinski definition) is 3. The highest BCUT2D eigenvalue weighted by atomic mass is 16.1. The zero-order valence-electron chi connectivity index (χ0n) is 13.2. The molecule has 4 aromatic rings. The van der Waals surface area contributed by atoms with Crippen LogP contribution in [0.3, 0.4) is 0 Å². The highest BCUT2D eigenvalue weighted by Gasteiger charge is 2.13. The molecule has 0 atom stereocenters. The third kappa shape index (κ3) is 2.92. The van der Waals surface area contributed by atoms with Crippen LogP contribution in [0.15, 0.2) is 67.3 Å². The second-order valence-corrected chi connectivity index (χ2v) is 5.63. The molecule has 4 rings (SSSR count). The van der Waals surface area contributed by atoms with Gasteiger partial charge in [-0.1, -0.05) is 6.07 Å². The van der Waals surface area contributed by atoms with Gasteiger partial charge in [0.25, 0.3) is 5.91 Å². The fraction of sp³-hybridized carbons (Fsp3) is 0. The van der Waals surface area contributed by atoms with Crippen LogP contribution in [-0.2, 0) is 0 Å². The van der Waals surface area contributed by atoms with Gasteiger partial charge in [0.15, 0.2) is 0 Å². The van der Waals surface area contributed by atoms with E-state index in [1.165, 1.54) is 0 Å². The van der Waals surface area contributed by atoms with E-state index in [0.717, 1.165) is 22.0 Å². The van der Waals surface area contributed by atoms with Crippen molar-refractivity contribution in [2.24, 2.45) is 0 Å². The molecular weight excluding hydrogens is 314 g/mol. The summed E-state index contributed by atoms with van der Waals surface area (Å²) < 4.78 is 0. The van der Waals surface area contributed by atoms with Crippen molar-refractivity contribution in [2.45, 2.75) is 0 Å². The average molecular weight is 329 g/mol. The van der Waals surface area contributed by atoms with Crippen molar-refractivity contribution in [3.8, 4) is 11.1 Å². The molecule has 3 heterocycles. The first-order valence-electron chi connectivity index (χ1n) is 7.75. The number of nitrogens with two attached hydrogens (primary N) is 1. The average Bonchev–Trinajstić information content (AvgIpc) is 3.10.